The Labute approximate surface area is 86.7 Å². The zero-order valence-corrected chi connectivity index (χ0v) is 8.31. The summed E-state index contributed by atoms with van der Waals surface area (Å²) in [6.45, 7) is 1.74. The van der Waals surface area contributed by atoms with E-state index in [1.54, 1.807) is 23.1 Å². The fraction of sp³-hybridized carbons (Fsp3) is 0.400. The Morgan fingerprint density at radius 2 is 2.20 bits per heavy atom. The van der Waals surface area contributed by atoms with E-state index >= 15 is 0 Å². The molecule has 0 radical (unpaired) electrons. The topological polar surface area (TPSA) is 53.4 Å². The number of carbonyl (C=O) groups is 1. The molecular weight excluding hydrogens is 192 g/mol. The van der Waals surface area contributed by atoms with Crippen LogP contribution < -0.4 is 0 Å². The van der Waals surface area contributed by atoms with Crippen molar-refractivity contribution in [3.8, 4) is 0 Å². The average molecular weight is 204 g/mol. The molecule has 3 heterocycles. The monoisotopic (exact) mass is 204 g/mol. The Balaban J connectivity index is 1.99. The molecule has 0 atom stereocenters. The number of nitrogens with zero attached hydrogens (tertiary/aromatic N) is 3. The van der Waals surface area contributed by atoms with Crippen LogP contribution in [-0.2, 0) is 0 Å². The number of carbonyl (C=O) groups excluding carboxylic acids is 1. The van der Waals surface area contributed by atoms with Gasteiger partial charge in [-0.1, -0.05) is 0 Å². The van der Waals surface area contributed by atoms with Gasteiger partial charge in [0.05, 0.1) is 0 Å². The van der Waals surface area contributed by atoms with Gasteiger partial charge in [0.25, 0.3) is 5.91 Å². The van der Waals surface area contributed by atoms with Crippen LogP contribution in [0.5, 0.6) is 0 Å². The molecule has 0 unspecified atom stereocenters. The highest BCUT2D eigenvalue weighted by molar-refractivity contribution is 5.99. The molecule has 5 heteroatoms. The number of hydrogen-bond acceptors (Lipinski definition) is 2. The molecule has 0 aliphatic carbocycles. The van der Waals surface area contributed by atoms with E-state index in [9.17, 15) is 4.79 Å². The number of aromatic amines is 1. The van der Waals surface area contributed by atoms with E-state index in [4.69, 9.17) is 0 Å². The van der Waals surface area contributed by atoms with Gasteiger partial charge >= 0.3 is 0 Å². The molecule has 1 saturated heterocycles. The molecular formula is C10H12N4O. The van der Waals surface area contributed by atoms with E-state index in [1.165, 1.54) is 0 Å². The second-order valence-corrected chi connectivity index (χ2v) is 3.81. The quantitative estimate of drug-likeness (QED) is 0.750. The van der Waals surface area contributed by atoms with Crippen molar-refractivity contribution in [2.24, 2.45) is 0 Å². The van der Waals surface area contributed by atoms with Gasteiger partial charge < -0.3 is 4.90 Å². The van der Waals surface area contributed by atoms with Crippen LogP contribution >= 0.6 is 0 Å². The zero-order chi connectivity index (χ0) is 10.3. The fourth-order valence-electron chi connectivity index (χ4n) is 2.05. The molecule has 1 aliphatic heterocycles. The molecule has 1 N–H and O–H groups in total. The summed E-state index contributed by atoms with van der Waals surface area (Å²) in [6, 6.07) is 0. The second kappa shape index (κ2) is 3.12. The summed E-state index contributed by atoms with van der Waals surface area (Å²) in [4.78, 5) is 18.1. The van der Waals surface area contributed by atoms with Crippen LogP contribution in [0.2, 0.25) is 0 Å². The molecule has 15 heavy (non-hydrogen) atoms. The molecule has 1 fully saturated rings. The lowest BCUT2D eigenvalue weighted by Gasteiger charge is -2.13. The van der Waals surface area contributed by atoms with E-state index < -0.39 is 0 Å². The van der Waals surface area contributed by atoms with Gasteiger partial charge in [-0.05, 0) is 12.8 Å². The van der Waals surface area contributed by atoms with Crippen LogP contribution in [0, 0.1) is 0 Å². The number of imidazole rings is 1. The highest BCUT2D eigenvalue weighted by Crippen LogP contribution is 2.15. The van der Waals surface area contributed by atoms with Gasteiger partial charge in [-0.15, -0.1) is 0 Å². The van der Waals surface area contributed by atoms with E-state index in [2.05, 4.69) is 10.1 Å². The van der Waals surface area contributed by atoms with E-state index in [0.717, 1.165) is 25.9 Å². The highest BCUT2D eigenvalue weighted by atomic mass is 16.2. The Morgan fingerprint density at radius 3 is 3.00 bits per heavy atom. The number of H-pyrrole nitrogens is 1. The molecule has 5 nitrogen and oxygen atoms in total. The predicted octanol–water partition coefficient (Wildman–Crippen LogP) is 0.898. The third-order valence-electron chi connectivity index (χ3n) is 2.85. The van der Waals surface area contributed by atoms with Crippen LogP contribution in [-0.4, -0.2) is 38.5 Å². The summed E-state index contributed by atoms with van der Waals surface area (Å²) in [5.41, 5.74) is 1.38. The van der Waals surface area contributed by atoms with Crippen molar-refractivity contribution < 1.29 is 4.79 Å². The van der Waals surface area contributed by atoms with E-state index in [-0.39, 0.29) is 5.91 Å². The predicted molar refractivity (Wildman–Crippen MR) is 54.7 cm³/mol. The van der Waals surface area contributed by atoms with Crippen molar-refractivity contribution >= 4 is 11.6 Å². The van der Waals surface area contributed by atoms with Crippen molar-refractivity contribution in [2.75, 3.05) is 13.1 Å². The smallest absolute Gasteiger partial charge is 0.259 e. The molecule has 1 aliphatic rings. The summed E-state index contributed by atoms with van der Waals surface area (Å²) in [5.74, 6) is 0.0879. The molecule has 0 aromatic carbocycles. The molecule has 78 valence electrons. The number of aromatic nitrogens is 3. The first-order chi connectivity index (χ1) is 7.36. The maximum Gasteiger partial charge on any atom is 0.259 e. The first-order valence-corrected chi connectivity index (χ1v) is 5.16. The van der Waals surface area contributed by atoms with Crippen molar-refractivity contribution in [3.63, 3.8) is 0 Å². The Kier molecular flexibility index (Phi) is 1.77. The minimum absolute atomic E-state index is 0.0879. The SMILES string of the molecule is O=C(c1c[nH]n2ccnc12)N1CCCC1. The molecule has 0 spiro atoms. The first kappa shape index (κ1) is 8.52. The standard InChI is InChI=1S/C10H12N4O/c15-10(13-4-1-2-5-13)8-7-12-14-6-3-11-9(8)14/h3,6-7,12H,1-2,4-5H2. The van der Waals surface area contributed by atoms with Crippen LogP contribution in [0.25, 0.3) is 5.65 Å². The van der Waals surface area contributed by atoms with Crippen molar-refractivity contribution in [1.82, 2.24) is 19.5 Å². The lowest BCUT2D eigenvalue weighted by atomic mass is 10.3. The number of nitrogens with one attached hydrogen (secondary N) is 1. The average Bonchev–Trinajstić information content (AvgIpc) is 2.94. The van der Waals surface area contributed by atoms with Gasteiger partial charge in [-0.2, -0.15) is 0 Å². The molecule has 3 rings (SSSR count). The maximum absolute atomic E-state index is 12.1. The number of rotatable bonds is 1. The van der Waals surface area contributed by atoms with Gasteiger partial charge in [0.1, 0.15) is 5.56 Å². The number of likely N-dealkylation sites (tertiary alicyclic amines) is 1. The first-order valence-electron chi connectivity index (χ1n) is 5.16. The molecule has 0 bridgehead atoms. The lowest BCUT2D eigenvalue weighted by molar-refractivity contribution is 0.0794. The lowest BCUT2D eigenvalue weighted by Crippen LogP contribution is -2.27. The zero-order valence-electron chi connectivity index (χ0n) is 8.31. The van der Waals surface area contributed by atoms with Crippen LogP contribution in [0.3, 0.4) is 0 Å². The number of fused-ring (bicyclic) bond motifs is 1. The van der Waals surface area contributed by atoms with Gasteiger partial charge in [0.15, 0.2) is 5.65 Å². The summed E-state index contributed by atoms with van der Waals surface area (Å²) in [7, 11) is 0. The third-order valence-corrected chi connectivity index (χ3v) is 2.85. The number of amides is 1. The Morgan fingerprint density at radius 1 is 1.40 bits per heavy atom. The van der Waals surface area contributed by atoms with Gasteiger partial charge in [0, 0.05) is 31.7 Å². The minimum Gasteiger partial charge on any atom is -0.338 e. The van der Waals surface area contributed by atoms with Gasteiger partial charge in [0.2, 0.25) is 0 Å². The third kappa shape index (κ3) is 1.23. The molecule has 0 saturated carbocycles. The maximum atomic E-state index is 12.1. The van der Waals surface area contributed by atoms with Crippen molar-refractivity contribution in [1.29, 1.82) is 0 Å². The number of hydrogen-bond donors (Lipinski definition) is 1. The van der Waals surface area contributed by atoms with Gasteiger partial charge in [-0.25, -0.2) is 9.50 Å². The van der Waals surface area contributed by atoms with Crippen LogP contribution in [0.4, 0.5) is 0 Å². The highest BCUT2D eigenvalue weighted by Gasteiger charge is 2.22. The Bertz CT molecular complexity index is 492. The van der Waals surface area contributed by atoms with Gasteiger partial charge in [-0.3, -0.25) is 9.89 Å². The van der Waals surface area contributed by atoms with E-state index in [0.29, 0.717) is 11.2 Å². The second-order valence-electron chi connectivity index (χ2n) is 3.81. The normalized spacial score (nSPS) is 16.4. The van der Waals surface area contributed by atoms with Crippen LogP contribution in [0.15, 0.2) is 18.6 Å². The van der Waals surface area contributed by atoms with Crippen LogP contribution in [0.1, 0.15) is 23.2 Å². The largest absolute Gasteiger partial charge is 0.338 e. The molecule has 2 aromatic heterocycles. The Hall–Kier alpha value is -1.78. The van der Waals surface area contributed by atoms with E-state index in [1.807, 2.05) is 4.90 Å². The van der Waals surface area contributed by atoms with Crippen molar-refractivity contribution in [3.05, 3.63) is 24.2 Å². The fourth-order valence-corrected chi connectivity index (χ4v) is 2.05. The summed E-state index contributed by atoms with van der Waals surface area (Å²) < 4.78 is 1.75. The summed E-state index contributed by atoms with van der Waals surface area (Å²) in [5, 5.41) is 2.98. The van der Waals surface area contributed by atoms with Crippen molar-refractivity contribution in [2.45, 2.75) is 12.8 Å². The molecule has 2 aromatic rings. The summed E-state index contributed by atoms with van der Waals surface area (Å²) >= 11 is 0. The molecule has 1 amide bonds. The minimum atomic E-state index is 0.0879. The summed E-state index contributed by atoms with van der Waals surface area (Å²) in [6.07, 6.45) is 7.44.